The first kappa shape index (κ1) is 23.5. The molecule has 0 fully saturated rings. The van der Waals surface area contributed by atoms with Gasteiger partial charge < -0.3 is 0 Å². The van der Waals surface area contributed by atoms with Crippen molar-refractivity contribution < 1.29 is 28.6 Å². The molecule has 3 radical (unpaired) electrons. The molecule has 0 heterocycles. The van der Waals surface area contributed by atoms with Gasteiger partial charge in [-0.05, 0) is 0 Å². The predicted octanol–water partition coefficient (Wildman–Crippen LogP) is 4.58. The second-order valence-electron chi connectivity index (χ2n) is 6.80. The standard InChI is InChI=1S/C25H21O6.Sn/c1-2-18-25(29-22(26)19-12-6-3-7-13-19,30-23(27)20-14-8-4-9-15-20)31-24(28)21-16-10-5-11-17-21;/h3-17H,1-2,18H2;. The number of hydrogen-bond donors (Lipinski definition) is 0. The number of carbonyl (C=O) groups is 3. The first-order chi connectivity index (χ1) is 15.5. The molecule has 0 saturated heterocycles. The van der Waals surface area contributed by atoms with Crippen LogP contribution >= 0.6 is 0 Å². The molecular formula is C25H21O6Sn. The van der Waals surface area contributed by atoms with E-state index in [1.165, 1.54) is 22.5 Å². The first-order valence-corrected chi connectivity index (χ1v) is 12.0. The van der Waals surface area contributed by atoms with Crippen LogP contribution in [0.3, 0.4) is 0 Å². The van der Waals surface area contributed by atoms with Crippen LogP contribution in [0.15, 0.2) is 91.0 Å². The first-order valence-electron chi connectivity index (χ1n) is 10.0. The van der Waals surface area contributed by atoms with Gasteiger partial charge in [0.1, 0.15) is 0 Å². The summed E-state index contributed by atoms with van der Waals surface area (Å²) in [4.78, 5) is 38.6. The molecule has 3 aromatic carbocycles. The predicted molar refractivity (Wildman–Crippen MR) is 118 cm³/mol. The Bertz CT molecular complexity index is 908. The van der Waals surface area contributed by atoms with E-state index in [0.717, 1.165) is 4.44 Å². The molecule has 32 heavy (non-hydrogen) atoms. The van der Waals surface area contributed by atoms with E-state index >= 15 is 0 Å². The third-order valence-electron chi connectivity index (χ3n) is 4.43. The van der Waals surface area contributed by atoms with Gasteiger partial charge in [0.2, 0.25) is 0 Å². The van der Waals surface area contributed by atoms with E-state index in [-0.39, 0.29) is 23.1 Å². The average Bonchev–Trinajstić information content (AvgIpc) is 2.84. The molecular weight excluding hydrogens is 515 g/mol. The zero-order valence-electron chi connectivity index (χ0n) is 17.2. The van der Waals surface area contributed by atoms with E-state index < -0.39 is 23.9 Å². The molecule has 0 amide bonds. The summed E-state index contributed by atoms with van der Waals surface area (Å²) in [5.41, 5.74) is 0.725. The van der Waals surface area contributed by atoms with Crippen LogP contribution in [0.5, 0.6) is 0 Å². The van der Waals surface area contributed by atoms with E-state index in [9.17, 15) is 14.4 Å². The van der Waals surface area contributed by atoms with E-state index in [1.807, 2.05) is 0 Å². The Morgan fingerprint density at radius 3 is 1.19 bits per heavy atom. The van der Waals surface area contributed by atoms with Gasteiger partial charge in [0, 0.05) is 0 Å². The van der Waals surface area contributed by atoms with Gasteiger partial charge >= 0.3 is 200 Å². The summed E-state index contributed by atoms with van der Waals surface area (Å²) in [6.07, 6.45) is 0.526. The van der Waals surface area contributed by atoms with E-state index in [0.29, 0.717) is 6.42 Å². The third-order valence-corrected chi connectivity index (χ3v) is 5.44. The number of benzene rings is 3. The minimum atomic E-state index is -2.21. The summed E-state index contributed by atoms with van der Waals surface area (Å²) < 4.78 is 17.6. The topological polar surface area (TPSA) is 78.9 Å². The molecule has 0 aliphatic rings. The number of rotatable bonds is 9. The maximum atomic E-state index is 12.9. The fourth-order valence-electron chi connectivity index (χ4n) is 2.84. The molecule has 3 rings (SSSR count). The summed E-state index contributed by atoms with van der Waals surface area (Å²) in [7, 11) is 0. The fraction of sp³-hybridized carbons (Fsp3) is 0.160. The molecule has 161 valence electrons. The van der Waals surface area contributed by atoms with Gasteiger partial charge in [-0.15, -0.1) is 0 Å². The number of ether oxygens (including phenoxy) is 3. The molecule has 0 saturated carbocycles. The van der Waals surface area contributed by atoms with Crippen molar-refractivity contribution in [3.8, 4) is 0 Å². The van der Waals surface area contributed by atoms with Crippen molar-refractivity contribution in [3.63, 3.8) is 0 Å². The number of esters is 3. The molecule has 0 aliphatic carbocycles. The van der Waals surface area contributed by atoms with Gasteiger partial charge in [-0.25, -0.2) is 0 Å². The third kappa shape index (κ3) is 6.43. The van der Waals surface area contributed by atoms with Crippen molar-refractivity contribution in [2.24, 2.45) is 0 Å². The van der Waals surface area contributed by atoms with Crippen LogP contribution < -0.4 is 0 Å². The average molecular weight is 536 g/mol. The van der Waals surface area contributed by atoms with Crippen LogP contribution in [0.4, 0.5) is 0 Å². The van der Waals surface area contributed by atoms with Crippen LogP contribution in [-0.4, -0.2) is 46.4 Å². The molecule has 0 bridgehead atoms. The van der Waals surface area contributed by atoms with Crippen molar-refractivity contribution in [2.75, 3.05) is 0 Å². The summed E-state index contributed by atoms with van der Waals surface area (Å²) in [5.74, 6) is -4.51. The van der Waals surface area contributed by atoms with Gasteiger partial charge in [-0.2, -0.15) is 0 Å². The molecule has 6 nitrogen and oxygen atoms in total. The van der Waals surface area contributed by atoms with Crippen LogP contribution in [0.25, 0.3) is 0 Å². The van der Waals surface area contributed by atoms with Gasteiger partial charge in [-0.1, -0.05) is 0 Å². The zero-order chi connectivity index (χ0) is 22.8. The van der Waals surface area contributed by atoms with Gasteiger partial charge in [-0.3, -0.25) is 0 Å². The summed E-state index contributed by atoms with van der Waals surface area (Å²) in [6, 6.07) is 24.7. The molecule has 0 atom stereocenters. The minimum absolute atomic E-state index is 0.00784. The van der Waals surface area contributed by atoms with Crippen LogP contribution in [0, 0.1) is 0 Å². The monoisotopic (exact) mass is 537 g/mol. The fourth-order valence-corrected chi connectivity index (χ4v) is 3.35. The molecule has 0 aliphatic heterocycles. The summed E-state index contributed by atoms with van der Waals surface area (Å²) in [6.45, 7) is 0. The van der Waals surface area contributed by atoms with E-state index in [2.05, 4.69) is 0 Å². The molecule has 7 heteroatoms. The Hall–Kier alpha value is -3.13. The number of carbonyl (C=O) groups excluding carboxylic acids is 3. The Morgan fingerprint density at radius 2 is 0.906 bits per heavy atom. The van der Waals surface area contributed by atoms with Gasteiger partial charge in [0.05, 0.1) is 0 Å². The Kier molecular flexibility index (Phi) is 8.44. The zero-order valence-corrected chi connectivity index (χ0v) is 20.1. The van der Waals surface area contributed by atoms with Crippen LogP contribution in [0.1, 0.15) is 43.9 Å². The Balaban J connectivity index is 1.95. The van der Waals surface area contributed by atoms with E-state index in [1.54, 1.807) is 91.0 Å². The molecule has 0 unspecified atom stereocenters. The van der Waals surface area contributed by atoms with Crippen molar-refractivity contribution in [1.29, 1.82) is 0 Å². The van der Waals surface area contributed by atoms with Crippen molar-refractivity contribution in [2.45, 2.75) is 23.3 Å². The quantitative estimate of drug-likeness (QED) is 0.227. The second-order valence-corrected chi connectivity index (χ2v) is 8.23. The van der Waals surface area contributed by atoms with Crippen molar-refractivity contribution in [3.05, 3.63) is 108 Å². The van der Waals surface area contributed by atoms with Gasteiger partial charge in [0.15, 0.2) is 0 Å². The molecule has 0 aromatic heterocycles. The van der Waals surface area contributed by atoms with Crippen molar-refractivity contribution in [1.82, 2.24) is 0 Å². The molecule has 3 aromatic rings. The van der Waals surface area contributed by atoms with Crippen LogP contribution in [-0.2, 0) is 14.2 Å². The van der Waals surface area contributed by atoms with Crippen molar-refractivity contribution >= 4 is 40.4 Å². The number of hydrogen-bond acceptors (Lipinski definition) is 6. The second kappa shape index (κ2) is 11.5. The Labute approximate surface area is 199 Å². The molecule has 0 spiro atoms. The summed E-state index contributed by atoms with van der Waals surface area (Å²) >= 11 is 1.25. The Morgan fingerprint density at radius 1 is 0.594 bits per heavy atom. The van der Waals surface area contributed by atoms with Gasteiger partial charge in [0.25, 0.3) is 0 Å². The maximum absolute atomic E-state index is 12.9. The summed E-state index contributed by atoms with van der Waals surface area (Å²) in [5, 5.41) is 0. The molecule has 0 N–H and O–H groups in total. The van der Waals surface area contributed by atoms with E-state index in [4.69, 9.17) is 14.2 Å². The van der Waals surface area contributed by atoms with Crippen LogP contribution in [0.2, 0.25) is 4.44 Å². The SMILES string of the molecule is O=C(OC(CC[CH2][Sn])(OC(=O)c1ccccc1)OC(=O)c1ccccc1)c1ccccc1. The normalized spacial score (nSPS) is 10.8.